The topological polar surface area (TPSA) is 14.1 Å². The zero-order valence-corrected chi connectivity index (χ0v) is 11.4. The lowest BCUT2D eigenvalue weighted by atomic mass is 9.78. The van der Waals surface area contributed by atoms with Crippen LogP contribution < -0.4 is 5.32 Å². The van der Waals surface area contributed by atoms with Crippen LogP contribution in [0.3, 0.4) is 0 Å². The summed E-state index contributed by atoms with van der Waals surface area (Å²) in [6.07, 6.45) is 6.50. The average molecular weight is 240 g/mol. The summed E-state index contributed by atoms with van der Waals surface area (Å²) in [5, 5.41) is 4.94. The van der Waals surface area contributed by atoms with Crippen LogP contribution in [0.25, 0.3) is 5.57 Å². The predicted octanol–water partition coefficient (Wildman–Crippen LogP) is 4.88. The Balaban J connectivity index is 1.92. The molecule has 0 aromatic heterocycles. The zero-order chi connectivity index (χ0) is 12.5. The van der Waals surface area contributed by atoms with Crippen molar-refractivity contribution < 1.29 is 0 Å². The van der Waals surface area contributed by atoms with E-state index in [1.54, 1.807) is 5.57 Å². The van der Waals surface area contributed by atoms with Crippen LogP contribution in [0, 0.1) is 11.8 Å². The van der Waals surface area contributed by atoms with Crippen molar-refractivity contribution >= 4 is 11.3 Å². The summed E-state index contributed by atoms with van der Waals surface area (Å²) < 4.78 is 0. The highest BCUT2D eigenvalue weighted by Gasteiger charge is 2.33. The molecule has 1 heterocycles. The van der Waals surface area contributed by atoms with Crippen LogP contribution in [0.4, 0.5) is 5.69 Å². The number of hydrogen-bond donors (Lipinski definition) is 0. The van der Waals surface area contributed by atoms with E-state index in [9.17, 15) is 0 Å². The summed E-state index contributed by atoms with van der Waals surface area (Å²) in [7, 11) is 0. The lowest BCUT2D eigenvalue weighted by molar-refractivity contribution is 0.338. The van der Waals surface area contributed by atoms with Gasteiger partial charge in [0.05, 0.1) is 5.69 Å². The Morgan fingerprint density at radius 1 is 1.33 bits per heavy atom. The summed E-state index contributed by atoms with van der Waals surface area (Å²) >= 11 is 0. The Labute approximate surface area is 110 Å². The highest BCUT2D eigenvalue weighted by atomic mass is 14.9. The molecule has 2 unspecified atom stereocenters. The number of nitrogens with zero attached hydrogens (tertiary/aromatic N) is 1. The van der Waals surface area contributed by atoms with Gasteiger partial charge in [0.2, 0.25) is 0 Å². The molecule has 1 nitrogen and oxygen atoms in total. The van der Waals surface area contributed by atoms with Crippen LogP contribution in [0.1, 0.15) is 51.5 Å². The van der Waals surface area contributed by atoms with Gasteiger partial charge in [-0.3, -0.25) is 5.32 Å². The first-order valence-corrected chi connectivity index (χ1v) is 7.35. The van der Waals surface area contributed by atoms with Gasteiger partial charge in [0.15, 0.2) is 0 Å². The summed E-state index contributed by atoms with van der Waals surface area (Å²) in [5.41, 5.74) is 5.58. The Morgan fingerprint density at radius 2 is 2.17 bits per heavy atom. The van der Waals surface area contributed by atoms with E-state index in [4.69, 9.17) is 5.32 Å². The van der Waals surface area contributed by atoms with Gasteiger partial charge in [0.1, 0.15) is 0 Å². The van der Waals surface area contributed by atoms with Crippen LogP contribution in [0.5, 0.6) is 0 Å². The number of para-hydroxylation sites is 1. The van der Waals surface area contributed by atoms with Gasteiger partial charge in [-0.2, -0.15) is 0 Å². The first-order chi connectivity index (χ1) is 8.81. The SMILES string of the molecule is CCCC(C)C1CCCC2=C1[N]c1ccccc12. The summed E-state index contributed by atoms with van der Waals surface area (Å²) in [6, 6.07) is 8.65. The summed E-state index contributed by atoms with van der Waals surface area (Å²) in [5.74, 6) is 1.47. The minimum absolute atomic E-state index is 0.695. The number of rotatable bonds is 3. The minimum atomic E-state index is 0.695. The van der Waals surface area contributed by atoms with Crippen LogP contribution >= 0.6 is 0 Å². The quantitative estimate of drug-likeness (QED) is 0.714. The molecular weight excluding hydrogens is 218 g/mol. The lowest BCUT2D eigenvalue weighted by Gasteiger charge is -2.29. The fraction of sp³-hybridized carbons (Fsp3) is 0.529. The van der Waals surface area contributed by atoms with Gasteiger partial charge in [0.25, 0.3) is 0 Å². The molecular formula is C17H22N. The largest absolute Gasteiger partial charge is 0.252 e. The van der Waals surface area contributed by atoms with Crippen molar-refractivity contribution in [3.05, 3.63) is 35.5 Å². The lowest BCUT2D eigenvalue weighted by Crippen LogP contribution is -2.20. The molecule has 95 valence electrons. The van der Waals surface area contributed by atoms with E-state index in [1.165, 1.54) is 49.1 Å². The normalized spacial score (nSPS) is 23.3. The molecule has 3 rings (SSSR count). The third kappa shape index (κ3) is 1.86. The molecule has 2 atom stereocenters. The highest BCUT2D eigenvalue weighted by Crippen LogP contribution is 2.47. The van der Waals surface area contributed by atoms with Crippen LogP contribution in [0.2, 0.25) is 0 Å². The van der Waals surface area contributed by atoms with Crippen LogP contribution in [-0.4, -0.2) is 0 Å². The first-order valence-electron chi connectivity index (χ1n) is 7.35. The molecule has 0 N–H and O–H groups in total. The summed E-state index contributed by atoms with van der Waals surface area (Å²) in [4.78, 5) is 0. The Hall–Kier alpha value is -1.24. The zero-order valence-electron chi connectivity index (χ0n) is 11.4. The highest BCUT2D eigenvalue weighted by molar-refractivity contribution is 5.82. The molecule has 1 aliphatic heterocycles. The van der Waals surface area contributed by atoms with E-state index in [0.717, 1.165) is 5.92 Å². The smallest absolute Gasteiger partial charge is 0.0708 e. The van der Waals surface area contributed by atoms with Crippen LogP contribution in [-0.2, 0) is 0 Å². The number of benzene rings is 1. The number of allylic oxidation sites excluding steroid dienone is 2. The van der Waals surface area contributed by atoms with E-state index >= 15 is 0 Å². The van der Waals surface area contributed by atoms with Gasteiger partial charge in [-0.25, -0.2) is 0 Å². The van der Waals surface area contributed by atoms with Gasteiger partial charge in [-0.05, 0) is 36.8 Å². The fourth-order valence-corrected chi connectivity index (χ4v) is 3.58. The third-order valence-corrected chi connectivity index (χ3v) is 4.50. The second kappa shape index (κ2) is 4.79. The Morgan fingerprint density at radius 3 is 3.00 bits per heavy atom. The molecule has 0 saturated carbocycles. The van der Waals surface area contributed by atoms with E-state index < -0.39 is 0 Å². The van der Waals surface area contributed by atoms with Crippen molar-refractivity contribution in [3.8, 4) is 0 Å². The second-order valence-corrected chi connectivity index (χ2v) is 5.76. The molecule has 1 heteroatoms. The molecule has 0 amide bonds. The van der Waals surface area contributed by atoms with E-state index in [2.05, 4.69) is 38.1 Å². The van der Waals surface area contributed by atoms with Gasteiger partial charge in [0, 0.05) is 17.2 Å². The van der Waals surface area contributed by atoms with Crippen molar-refractivity contribution in [2.75, 3.05) is 0 Å². The molecule has 1 aromatic rings. The standard InChI is InChI=1S/C17H22N/c1-3-7-12(2)13-9-6-10-15-14-8-4-5-11-16(14)18-17(13)15/h4-5,8,11-13H,3,6-7,9-10H2,1-2H3. The third-order valence-electron chi connectivity index (χ3n) is 4.50. The molecule has 18 heavy (non-hydrogen) atoms. The van der Waals surface area contributed by atoms with E-state index in [0.29, 0.717) is 5.92 Å². The Bertz CT molecular complexity index is 472. The van der Waals surface area contributed by atoms with Gasteiger partial charge in [-0.15, -0.1) is 0 Å². The van der Waals surface area contributed by atoms with E-state index in [1.807, 2.05) is 0 Å². The molecule has 1 radical (unpaired) electrons. The van der Waals surface area contributed by atoms with Crippen LogP contribution in [0.15, 0.2) is 30.0 Å². The molecule has 2 aliphatic rings. The van der Waals surface area contributed by atoms with Crippen molar-refractivity contribution in [2.24, 2.45) is 11.8 Å². The summed E-state index contributed by atoms with van der Waals surface area (Å²) in [6.45, 7) is 4.69. The van der Waals surface area contributed by atoms with Crippen molar-refractivity contribution in [1.29, 1.82) is 0 Å². The molecule has 1 aromatic carbocycles. The van der Waals surface area contributed by atoms with Gasteiger partial charge < -0.3 is 0 Å². The average Bonchev–Trinajstić information content (AvgIpc) is 2.77. The second-order valence-electron chi connectivity index (χ2n) is 5.76. The fourth-order valence-electron chi connectivity index (χ4n) is 3.58. The monoisotopic (exact) mass is 240 g/mol. The maximum Gasteiger partial charge on any atom is 0.0708 e. The van der Waals surface area contributed by atoms with Gasteiger partial charge >= 0.3 is 0 Å². The van der Waals surface area contributed by atoms with E-state index in [-0.39, 0.29) is 0 Å². The molecule has 0 saturated heterocycles. The first kappa shape index (κ1) is 11.8. The maximum atomic E-state index is 4.94. The number of fused-ring (bicyclic) bond motifs is 2. The van der Waals surface area contributed by atoms with Crippen molar-refractivity contribution in [1.82, 2.24) is 5.32 Å². The Kier molecular flexibility index (Phi) is 3.15. The minimum Gasteiger partial charge on any atom is -0.252 e. The van der Waals surface area contributed by atoms with Gasteiger partial charge in [-0.1, -0.05) is 44.9 Å². The molecule has 0 bridgehead atoms. The molecule has 1 aliphatic carbocycles. The molecule has 0 fully saturated rings. The maximum absolute atomic E-state index is 4.94. The predicted molar refractivity (Wildman–Crippen MR) is 76.6 cm³/mol. The van der Waals surface area contributed by atoms with Crippen molar-refractivity contribution in [3.63, 3.8) is 0 Å². The van der Waals surface area contributed by atoms with Crippen molar-refractivity contribution in [2.45, 2.75) is 46.0 Å². The number of hydrogen-bond acceptors (Lipinski definition) is 0. The molecule has 0 spiro atoms.